The van der Waals surface area contributed by atoms with Crippen molar-refractivity contribution in [2.45, 2.75) is 50.9 Å². The molecule has 3 atom stereocenters. The van der Waals surface area contributed by atoms with E-state index in [0.717, 1.165) is 23.6 Å². The van der Waals surface area contributed by atoms with Crippen molar-refractivity contribution in [2.75, 3.05) is 6.61 Å². The molecule has 1 nitrogen and oxygen atoms in total. The standard InChI is InChI=1S/C18H22F2O/c19-18(20)9-16-15-6-5-12-3-1-2-4-13(12)14(15)7-8-17(16,10-18)11-21/h5-6,9,13-14,21H,1-4,7-8,10-11H2/t13-,14+,17+/m0/s1. The third kappa shape index (κ3) is 1.97. The quantitative estimate of drug-likeness (QED) is 0.759. The van der Waals surface area contributed by atoms with Crippen molar-refractivity contribution in [2.24, 2.45) is 17.3 Å². The van der Waals surface area contributed by atoms with Crippen LogP contribution < -0.4 is 0 Å². The van der Waals surface area contributed by atoms with E-state index in [0.29, 0.717) is 18.3 Å². The van der Waals surface area contributed by atoms with Crippen LogP contribution in [-0.4, -0.2) is 17.6 Å². The Balaban J connectivity index is 1.78. The highest BCUT2D eigenvalue weighted by molar-refractivity contribution is 5.50. The fraction of sp³-hybridized carbons (Fsp3) is 0.667. The number of hydrogen-bond donors (Lipinski definition) is 1. The summed E-state index contributed by atoms with van der Waals surface area (Å²) in [7, 11) is 0. The molecule has 0 aromatic rings. The van der Waals surface area contributed by atoms with Gasteiger partial charge in [-0.3, -0.25) is 0 Å². The van der Waals surface area contributed by atoms with Crippen LogP contribution in [0.1, 0.15) is 44.9 Å². The van der Waals surface area contributed by atoms with Gasteiger partial charge in [0.25, 0.3) is 5.92 Å². The molecule has 0 unspecified atom stereocenters. The number of hydrogen-bond acceptors (Lipinski definition) is 1. The molecule has 0 aromatic heterocycles. The predicted octanol–water partition coefficient (Wildman–Crippen LogP) is 4.40. The van der Waals surface area contributed by atoms with Crippen molar-refractivity contribution < 1.29 is 13.9 Å². The topological polar surface area (TPSA) is 20.2 Å². The van der Waals surface area contributed by atoms with Crippen LogP contribution in [0, 0.1) is 17.3 Å². The molecule has 3 heteroatoms. The van der Waals surface area contributed by atoms with Gasteiger partial charge >= 0.3 is 0 Å². The highest BCUT2D eigenvalue weighted by Crippen LogP contribution is 2.60. The molecule has 2 saturated carbocycles. The first-order chi connectivity index (χ1) is 10.0. The van der Waals surface area contributed by atoms with Gasteiger partial charge in [0.2, 0.25) is 0 Å². The normalized spacial score (nSPS) is 40.4. The summed E-state index contributed by atoms with van der Waals surface area (Å²) in [5, 5.41) is 9.79. The zero-order valence-corrected chi connectivity index (χ0v) is 12.2. The number of rotatable bonds is 1. The van der Waals surface area contributed by atoms with E-state index in [4.69, 9.17) is 0 Å². The largest absolute Gasteiger partial charge is 0.395 e. The maximum absolute atomic E-state index is 13.9. The lowest BCUT2D eigenvalue weighted by Gasteiger charge is -2.46. The number of aliphatic hydroxyl groups excluding tert-OH is 1. The van der Waals surface area contributed by atoms with E-state index in [9.17, 15) is 13.9 Å². The molecule has 0 amide bonds. The maximum atomic E-state index is 13.9. The number of allylic oxidation sites excluding steroid dienone is 5. The molecule has 4 rings (SSSR count). The minimum atomic E-state index is -2.76. The van der Waals surface area contributed by atoms with Crippen molar-refractivity contribution >= 4 is 0 Å². The highest BCUT2D eigenvalue weighted by Gasteiger charge is 2.54. The van der Waals surface area contributed by atoms with Gasteiger partial charge in [-0.1, -0.05) is 24.1 Å². The number of alkyl halides is 2. The summed E-state index contributed by atoms with van der Waals surface area (Å²) in [4.78, 5) is 0. The van der Waals surface area contributed by atoms with Crippen molar-refractivity contribution in [3.05, 3.63) is 34.9 Å². The molecular formula is C18H22F2O. The van der Waals surface area contributed by atoms with Crippen LogP contribution >= 0.6 is 0 Å². The monoisotopic (exact) mass is 292 g/mol. The van der Waals surface area contributed by atoms with E-state index in [2.05, 4.69) is 12.2 Å². The average molecular weight is 292 g/mol. The molecule has 0 aliphatic heterocycles. The third-order valence-electron chi connectivity index (χ3n) is 6.12. The average Bonchev–Trinajstić information content (AvgIpc) is 2.78. The van der Waals surface area contributed by atoms with E-state index in [1.165, 1.54) is 31.3 Å². The molecule has 0 saturated heterocycles. The van der Waals surface area contributed by atoms with Gasteiger partial charge in [-0.2, -0.15) is 0 Å². The van der Waals surface area contributed by atoms with Crippen LogP contribution in [0.4, 0.5) is 8.78 Å². The van der Waals surface area contributed by atoms with Crippen molar-refractivity contribution in [1.82, 2.24) is 0 Å². The fourth-order valence-electron chi connectivity index (χ4n) is 5.14. The molecule has 4 aliphatic rings. The van der Waals surface area contributed by atoms with Crippen molar-refractivity contribution in [1.29, 1.82) is 0 Å². The zero-order valence-electron chi connectivity index (χ0n) is 12.2. The number of fused-ring (bicyclic) bond motifs is 5. The summed E-state index contributed by atoms with van der Waals surface area (Å²) < 4.78 is 27.9. The van der Waals surface area contributed by atoms with Gasteiger partial charge in [0.05, 0.1) is 6.61 Å². The zero-order chi connectivity index (χ0) is 14.7. The van der Waals surface area contributed by atoms with E-state index in [1.807, 2.05) is 0 Å². The van der Waals surface area contributed by atoms with Gasteiger partial charge < -0.3 is 5.11 Å². The van der Waals surface area contributed by atoms with Crippen molar-refractivity contribution in [3.8, 4) is 0 Å². The molecule has 0 heterocycles. The Bertz CT molecular complexity index is 558. The summed E-state index contributed by atoms with van der Waals surface area (Å²) in [6.45, 7) is -0.153. The SMILES string of the molecule is OC[C@]12CC[C@H]3C(=CC=C4CCCC[C@@H]43)C1=CC(F)(F)C2. The van der Waals surface area contributed by atoms with E-state index >= 15 is 0 Å². The molecule has 0 bridgehead atoms. The van der Waals surface area contributed by atoms with Gasteiger partial charge in [-0.05, 0) is 61.2 Å². The minimum absolute atomic E-state index is 0.153. The first-order valence-electron chi connectivity index (χ1n) is 8.18. The van der Waals surface area contributed by atoms with Crippen LogP contribution in [0.25, 0.3) is 0 Å². The first kappa shape index (κ1) is 13.7. The molecule has 114 valence electrons. The molecule has 21 heavy (non-hydrogen) atoms. The summed E-state index contributed by atoms with van der Waals surface area (Å²) in [6, 6.07) is 0. The Hall–Kier alpha value is -0.960. The lowest BCUT2D eigenvalue weighted by Crippen LogP contribution is -2.38. The third-order valence-corrected chi connectivity index (χ3v) is 6.12. The van der Waals surface area contributed by atoms with Crippen molar-refractivity contribution in [3.63, 3.8) is 0 Å². The summed E-state index contributed by atoms with van der Waals surface area (Å²) >= 11 is 0. The Labute approximate surface area is 124 Å². The molecule has 4 aliphatic carbocycles. The molecule has 0 radical (unpaired) electrons. The molecule has 1 N–H and O–H groups in total. The first-order valence-corrected chi connectivity index (χ1v) is 8.18. The minimum Gasteiger partial charge on any atom is -0.395 e. The van der Waals surface area contributed by atoms with E-state index in [1.54, 1.807) is 0 Å². The van der Waals surface area contributed by atoms with Gasteiger partial charge in [0.15, 0.2) is 0 Å². The number of halogens is 2. The van der Waals surface area contributed by atoms with Crippen LogP contribution in [0.5, 0.6) is 0 Å². The Morgan fingerprint density at radius 2 is 2.00 bits per heavy atom. The molecule has 2 fully saturated rings. The fourth-order valence-corrected chi connectivity index (χ4v) is 5.14. The summed E-state index contributed by atoms with van der Waals surface area (Å²) in [6.07, 6.45) is 11.7. The predicted molar refractivity (Wildman–Crippen MR) is 78.0 cm³/mol. The smallest absolute Gasteiger partial charge is 0.268 e. The Kier molecular flexibility index (Phi) is 2.94. The molecular weight excluding hydrogens is 270 g/mol. The Morgan fingerprint density at radius 1 is 1.14 bits per heavy atom. The second kappa shape index (κ2) is 4.52. The maximum Gasteiger partial charge on any atom is 0.268 e. The highest BCUT2D eigenvalue weighted by atomic mass is 19.3. The summed E-state index contributed by atoms with van der Waals surface area (Å²) in [5.74, 6) is -1.79. The van der Waals surface area contributed by atoms with Gasteiger partial charge in [-0.15, -0.1) is 0 Å². The van der Waals surface area contributed by atoms with Crippen LogP contribution in [-0.2, 0) is 0 Å². The van der Waals surface area contributed by atoms with Gasteiger partial charge in [0, 0.05) is 11.8 Å². The lowest BCUT2D eigenvalue weighted by molar-refractivity contribution is 0.00412. The molecule has 0 aromatic carbocycles. The van der Waals surface area contributed by atoms with Gasteiger partial charge in [0.1, 0.15) is 0 Å². The lowest BCUT2D eigenvalue weighted by atomic mass is 9.59. The second-order valence-corrected chi connectivity index (χ2v) is 7.30. The summed E-state index contributed by atoms with van der Waals surface area (Å²) in [5.41, 5.74) is 2.69. The van der Waals surface area contributed by atoms with E-state index < -0.39 is 11.3 Å². The van der Waals surface area contributed by atoms with Crippen LogP contribution in [0.2, 0.25) is 0 Å². The van der Waals surface area contributed by atoms with Crippen LogP contribution in [0.15, 0.2) is 34.9 Å². The molecule has 0 spiro atoms. The van der Waals surface area contributed by atoms with Gasteiger partial charge in [-0.25, -0.2) is 8.78 Å². The van der Waals surface area contributed by atoms with Crippen LogP contribution in [0.3, 0.4) is 0 Å². The Morgan fingerprint density at radius 3 is 2.81 bits per heavy atom. The second-order valence-electron chi connectivity index (χ2n) is 7.30. The number of aliphatic hydroxyl groups is 1. The van der Waals surface area contributed by atoms with E-state index in [-0.39, 0.29) is 13.0 Å².